The van der Waals surface area contributed by atoms with Crippen LogP contribution in [0.3, 0.4) is 0 Å². The molecule has 0 aliphatic rings. The first-order chi connectivity index (χ1) is 8.49. The number of carbonyl (C=O) groups excluding carboxylic acids is 1. The highest BCUT2D eigenvalue weighted by atomic mass is 16.5. The smallest absolute Gasteiger partial charge is 0.225 e. The van der Waals surface area contributed by atoms with Crippen molar-refractivity contribution in [3.05, 3.63) is 12.3 Å². The number of amides is 1. The Labute approximate surface area is 118 Å². The minimum atomic E-state index is -0.364. The van der Waals surface area contributed by atoms with Crippen molar-refractivity contribution < 1.29 is 9.53 Å². The van der Waals surface area contributed by atoms with Crippen molar-refractivity contribution in [2.24, 2.45) is 16.7 Å². The van der Waals surface area contributed by atoms with Gasteiger partial charge in [-0.25, -0.2) is 0 Å². The van der Waals surface area contributed by atoms with Gasteiger partial charge in [0.25, 0.3) is 0 Å². The quantitative estimate of drug-likeness (QED) is 0.538. The van der Waals surface area contributed by atoms with Crippen LogP contribution in [0.15, 0.2) is 12.3 Å². The third-order valence-electron chi connectivity index (χ3n) is 3.81. The first-order valence-corrected chi connectivity index (χ1v) is 7.05. The van der Waals surface area contributed by atoms with Crippen molar-refractivity contribution in [2.75, 3.05) is 13.2 Å². The van der Waals surface area contributed by atoms with Gasteiger partial charge in [0, 0.05) is 5.41 Å². The second-order valence-corrected chi connectivity index (χ2v) is 7.01. The molecule has 0 heterocycles. The van der Waals surface area contributed by atoms with E-state index in [1.165, 1.54) is 0 Å². The highest BCUT2D eigenvalue weighted by Gasteiger charge is 2.35. The fourth-order valence-electron chi connectivity index (χ4n) is 2.05. The Bertz CT molecular complexity index is 317. The predicted octanol–water partition coefficient (Wildman–Crippen LogP) is 3.75. The molecule has 0 aromatic carbocycles. The molecule has 3 heteroatoms. The molecule has 0 fully saturated rings. The predicted molar refractivity (Wildman–Crippen MR) is 80.8 cm³/mol. The average molecular weight is 269 g/mol. The van der Waals surface area contributed by atoms with E-state index < -0.39 is 0 Å². The summed E-state index contributed by atoms with van der Waals surface area (Å²) in [5.74, 6) is 1.31. The van der Waals surface area contributed by atoms with Gasteiger partial charge in [-0.05, 0) is 24.7 Å². The molecule has 0 radical (unpaired) electrons. The maximum absolute atomic E-state index is 12.2. The monoisotopic (exact) mass is 269 g/mol. The molecule has 0 aromatic rings. The Balaban J connectivity index is 4.32. The number of carbonyl (C=O) groups is 1. The van der Waals surface area contributed by atoms with Crippen molar-refractivity contribution in [1.29, 1.82) is 0 Å². The summed E-state index contributed by atoms with van der Waals surface area (Å²) in [6, 6.07) is 0. The summed E-state index contributed by atoms with van der Waals surface area (Å²) in [6.07, 6.45) is 0.866. The summed E-state index contributed by atoms with van der Waals surface area (Å²) in [5, 5.41) is 2.93. The molecule has 0 rings (SSSR count). The molecule has 0 aliphatic carbocycles. The van der Waals surface area contributed by atoms with Gasteiger partial charge in [-0.15, -0.1) is 0 Å². The van der Waals surface area contributed by atoms with Gasteiger partial charge in [0.15, 0.2) is 0 Å². The molecule has 0 aliphatic heterocycles. The van der Waals surface area contributed by atoms with E-state index in [0.717, 1.165) is 6.42 Å². The molecule has 1 amide bonds. The van der Waals surface area contributed by atoms with Crippen molar-refractivity contribution in [3.63, 3.8) is 0 Å². The summed E-state index contributed by atoms with van der Waals surface area (Å²) >= 11 is 0. The van der Waals surface area contributed by atoms with Gasteiger partial charge >= 0.3 is 0 Å². The molecule has 0 spiro atoms. The second-order valence-electron chi connectivity index (χ2n) is 7.01. The zero-order chi connectivity index (χ0) is 15.3. The normalized spacial score (nSPS) is 12.4. The van der Waals surface area contributed by atoms with E-state index in [4.69, 9.17) is 4.74 Å². The van der Waals surface area contributed by atoms with Crippen LogP contribution in [0, 0.1) is 16.7 Å². The van der Waals surface area contributed by atoms with Crippen molar-refractivity contribution in [2.45, 2.75) is 54.9 Å². The molecule has 0 saturated carbocycles. The molecule has 0 unspecified atom stereocenters. The lowest BCUT2D eigenvalue weighted by Crippen LogP contribution is -2.41. The molecule has 0 aromatic heterocycles. The van der Waals surface area contributed by atoms with Crippen molar-refractivity contribution in [3.8, 4) is 0 Å². The van der Waals surface area contributed by atoms with Crippen LogP contribution in [-0.4, -0.2) is 19.1 Å². The zero-order valence-electron chi connectivity index (χ0n) is 13.7. The van der Waals surface area contributed by atoms with E-state index in [0.29, 0.717) is 24.8 Å². The fraction of sp³-hybridized carbons (Fsp3) is 0.812. The van der Waals surface area contributed by atoms with Gasteiger partial charge in [0.2, 0.25) is 5.91 Å². The summed E-state index contributed by atoms with van der Waals surface area (Å²) < 4.78 is 5.23. The van der Waals surface area contributed by atoms with Gasteiger partial charge in [0.05, 0.1) is 12.3 Å². The number of ether oxygens (including phenoxy) is 1. The lowest BCUT2D eigenvalue weighted by atomic mass is 9.69. The largest absolute Gasteiger partial charge is 0.497 e. The van der Waals surface area contributed by atoms with E-state index in [-0.39, 0.29) is 16.7 Å². The standard InChI is InChI=1S/C16H31NO2/c1-12(2)15(5,6)11-16(7,8)14(18)17-9-10-19-13(3)4/h12H,3,9-11H2,1-2,4-8H3,(H,17,18). The van der Waals surface area contributed by atoms with E-state index in [1.807, 2.05) is 13.8 Å². The van der Waals surface area contributed by atoms with Crippen LogP contribution in [0.1, 0.15) is 54.9 Å². The van der Waals surface area contributed by atoms with Crippen molar-refractivity contribution >= 4 is 5.91 Å². The zero-order valence-corrected chi connectivity index (χ0v) is 13.7. The summed E-state index contributed by atoms with van der Waals surface area (Å²) in [7, 11) is 0. The van der Waals surface area contributed by atoms with Crippen LogP contribution in [0.2, 0.25) is 0 Å². The van der Waals surface area contributed by atoms with E-state index in [9.17, 15) is 4.79 Å². The van der Waals surface area contributed by atoms with Crippen LogP contribution in [0.4, 0.5) is 0 Å². The van der Waals surface area contributed by atoms with Crippen molar-refractivity contribution in [1.82, 2.24) is 5.32 Å². The molecule has 19 heavy (non-hydrogen) atoms. The molecule has 0 bridgehead atoms. The Kier molecular flexibility index (Phi) is 6.61. The molecule has 0 atom stereocenters. The first-order valence-electron chi connectivity index (χ1n) is 7.05. The molecular weight excluding hydrogens is 238 g/mol. The number of nitrogens with one attached hydrogen (secondary N) is 1. The molecule has 112 valence electrons. The highest BCUT2D eigenvalue weighted by molar-refractivity contribution is 5.81. The first kappa shape index (κ1) is 18.0. The van der Waals surface area contributed by atoms with Crippen LogP contribution in [0.25, 0.3) is 0 Å². The van der Waals surface area contributed by atoms with Gasteiger partial charge in [-0.1, -0.05) is 48.1 Å². The summed E-state index contributed by atoms with van der Waals surface area (Å²) in [6.45, 7) is 19.3. The van der Waals surface area contributed by atoms with E-state index in [1.54, 1.807) is 6.92 Å². The fourth-order valence-corrected chi connectivity index (χ4v) is 2.05. The number of allylic oxidation sites excluding steroid dienone is 1. The minimum absolute atomic E-state index is 0.0894. The van der Waals surface area contributed by atoms with Gasteiger partial charge < -0.3 is 10.1 Å². The highest BCUT2D eigenvalue weighted by Crippen LogP contribution is 2.39. The second kappa shape index (κ2) is 6.97. The van der Waals surface area contributed by atoms with Gasteiger partial charge in [0.1, 0.15) is 6.61 Å². The van der Waals surface area contributed by atoms with Gasteiger partial charge in [-0.3, -0.25) is 4.79 Å². The minimum Gasteiger partial charge on any atom is -0.497 e. The molecule has 1 N–H and O–H groups in total. The third-order valence-corrected chi connectivity index (χ3v) is 3.81. The third kappa shape index (κ3) is 6.65. The average Bonchev–Trinajstić information content (AvgIpc) is 2.21. The Morgan fingerprint density at radius 3 is 2.21 bits per heavy atom. The molecular formula is C16H31NO2. The maximum Gasteiger partial charge on any atom is 0.225 e. The summed E-state index contributed by atoms with van der Waals surface area (Å²) in [4.78, 5) is 12.2. The van der Waals surface area contributed by atoms with Crippen LogP contribution in [-0.2, 0) is 9.53 Å². The lowest BCUT2D eigenvalue weighted by molar-refractivity contribution is -0.131. The number of rotatable bonds is 8. The SMILES string of the molecule is C=C(C)OCCNC(=O)C(C)(C)CC(C)(C)C(C)C. The molecule has 0 saturated heterocycles. The number of hydrogen-bond acceptors (Lipinski definition) is 2. The maximum atomic E-state index is 12.2. The summed E-state index contributed by atoms with van der Waals surface area (Å²) in [5.41, 5.74) is -0.216. The van der Waals surface area contributed by atoms with E-state index >= 15 is 0 Å². The molecule has 3 nitrogen and oxygen atoms in total. The van der Waals surface area contributed by atoms with Crippen LogP contribution >= 0.6 is 0 Å². The van der Waals surface area contributed by atoms with Crippen LogP contribution < -0.4 is 5.32 Å². The number of hydrogen-bond donors (Lipinski definition) is 1. The lowest BCUT2D eigenvalue weighted by Gasteiger charge is -2.37. The van der Waals surface area contributed by atoms with Crippen LogP contribution in [0.5, 0.6) is 0 Å². The Morgan fingerprint density at radius 2 is 1.79 bits per heavy atom. The Morgan fingerprint density at radius 1 is 1.26 bits per heavy atom. The van der Waals surface area contributed by atoms with Gasteiger partial charge in [-0.2, -0.15) is 0 Å². The topological polar surface area (TPSA) is 38.3 Å². The van der Waals surface area contributed by atoms with E-state index in [2.05, 4.69) is 39.6 Å². The Hall–Kier alpha value is -0.990.